The van der Waals surface area contributed by atoms with Crippen molar-refractivity contribution in [1.29, 1.82) is 0 Å². The lowest BCUT2D eigenvalue weighted by molar-refractivity contribution is -0.115. The lowest BCUT2D eigenvalue weighted by atomic mass is 10.1. The summed E-state index contributed by atoms with van der Waals surface area (Å²) in [6.45, 7) is 2.45. The molecule has 0 saturated heterocycles. The first-order chi connectivity index (χ1) is 14.2. The molecular weight excluding hydrogens is 382 g/mol. The second kappa shape index (κ2) is 8.84. The van der Waals surface area contributed by atoms with Gasteiger partial charge in [-0.2, -0.15) is 0 Å². The van der Waals surface area contributed by atoms with E-state index in [9.17, 15) is 4.79 Å². The van der Waals surface area contributed by atoms with Gasteiger partial charge in [-0.3, -0.25) is 4.79 Å². The molecule has 1 aromatic heterocycles. The number of amides is 1. The third-order valence-corrected chi connectivity index (χ3v) is 5.52. The highest BCUT2D eigenvalue weighted by Crippen LogP contribution is 2.36. The van der Waals surface area contributed by atoms with Crippen LogP contribution in [0.25, 0.3) is 11.0 Å². The molecular formula is C23H21N3O2S. The number of carbonyl (C=O) groups excluding carboxylic acids is 1. The number of aromatic amines is 1. The fraction of sp³-hybridized carbons (Fsp3) is 0.130. The van der Waals surface area contributed by atoms with Crippen LogP contribution in [0.5, 0.6) is 5.75 Å². The molecule has 0 radical (unpaired) electrons. The van der Waals surface area contributed by atoms with Crippen LogP contribution in [-0.4, -0.2) is 22.5 Å². The van der Waals surface area contributed by atoms with Crippen LogP contribution < -0.4 is 10.1 Å². The lowest BCUT2D eigenvalue weighted by Gasteiger charge is -2.17. The molecule has 29 heavy (non-hydrogen) atoms. The summed E-state index contributed by atoms with van der Waals surface area (Å²) in [5, 5.41) is 3.26. The first kappa shape index (κ1) is 19.1. The molecule has 0 aliphatic carbocycles. The SMILES string of the molecule is CCOc1ccccc1NC(=O)[C@H](Sc1nc2ccccc2[nH]1)c1ccccc1. The Balaban J connectivity index is 1.63. The second-order valence-corrected chi connectivity index (χ2v) is 7.48. The third-order valence-electron chi connectivity index (χ3n) is 4.38. The van der Waals surface area contributed by atoms with Crippen LogP contribution in [0.3, 0.4) is 0 Å². The van der Waals surface area contributed by atoms with Crippen molar-refractivity contribution in [2.45, 2.75) is 17.3 Å². The Labute approximate surface area is 173 Å². The van der Waals surface area contributed by atoms with Gasteiger partial charge in [0.2, 0.25) is 5.91 Å². The molecule has 0 unspecified atom stereocenters. The van der Waals surface area contributed by atoms with Crippen molar-refractivity contribution in [1.82, 2.24) is 9.97 Å². The number of nitrogens with zero attached hydrogens (tertiary/aromatic N) is 1. The number of hydrogen-bond donors (Lipinski definition) is 2. The minimum atomic E-state index is -0.466. The molecule has 0 bridgehead atoms. The summed E-state index contributed by atoms with van der Waals surface area (Å²) in [7, 11) is 0. The van der Waals surface area contributed by atoms with Gasteiger partial charge in [-0.25, -0.2) is 4.98 Å². The maximum Gasteiger partial charge on any atom is 0.242 e. The van der Waals surface area contributed by atoms with Crippen LogP contribution in [0.2, 0.25) is 0 Å². The average molecular weight is 404 g/mol. The van der Waals surface area contributed by atoms with Gasteiger partial charge in [-0.15, -0.1) is 0 Å². The van der Waals surface area contributed by atoms with Crippen LogP contribution in [0, 0.1) is 0 Å². The van der Waals surface area contributed by atoms with Crippen molar-refractivity contribution in [2.75, 3.05) is 11.9 Å². The van der Waals surface area contributed by atoms with Crippen LogP contribution in [0.15, 0.2) is 84.0 Å². The summed E-state index contributed by atoms with van der Waals surface area (Å²) in [5.74, 6) is 0.526. The number of benzene rings is 3. The zero-order valence-electron chi connectivity index (χ0n) is 16.0. The first-order valence-electron chi connectivity index (χ1n) is 9.43. The van der Waals surface area contributed by atoms with Gasteiger partial charge in [0.1, 0.15) is 11.0 Å². The van der Waals surface area contributed by atoms with Gasteiger partial charge in [0.15, 0.2) is 5.16 Å². The highest BCUT2D eigenvalue weighted by atomic mass is 32.2. The molecule has 1 atom stereocenters. The van der Waals surface area contributed by atoms with E-state index in [1.807, 2.05) is 85.8 Å². The molecule has 0 spiro atoms. The van der Waals surface area contributed by atoms with E-state index in [4.69, 9.17) is 4.74 Å². The van der Waals surface area contributed by atoms with Gasteiger partial charge in [-0.05, 0) is 36.8 Å². The van der Waals surface area contributed by atoms with Gasteiger partial charge in [-0.1, -0.05) is 66.4 Å². The van der Waals surface area contributed by atoms with Crippen molar-refractivity contribution in [3.63, 3.8) is 0 Å². The summed E-state index contributed by atoms with van der Waals surface area (Å²) in [4.78, 5) is 21.2. The van der Waals surface area contributed by atoms with Gasteiger partial charge >= 0.3 is 0 Å². The maximum atomic E-state index is 13.3. The van der Waals surface area contributed by atoms with Gasteiger partial charge in [0.25, 0.3) is 0 Å². The van der Waals surface area contributed by atoms with E-state index in [2.05, 4.69) is 15.3 Å². The number of ether oxygens (including phenoxy) is 1. The minimum absolute atomic E-state index is 0.131. The number of carbonyl (C=O) groups is 1. The van der Waals surface area contributed by atoms with Crippen LogP contribution >= 0.6 is 11.8 Å². The zero-order chi connectivity index (χ0) is 20.1. The summed E-state index contributed by atoms with van der Waals surface area (Å²) in [6, 6.07) is 25.0. The number of fused-ring (bicyclic) bond motifs is 1. The summed E-state index contributed by atoms with van der Waals surface area (Å²) >= 11 is 1.39. The summed E-state index contributed by atoms with van der Waals surface area (Å²) in [5.41, 5.74) is 3.39. The molecule has 0 fully saturated rings. The van der Waals surface area contributed by atoms with E-state index in [1.165, 1.54) is 11.8 Å². The molecule has 4 aromatic rings. The van der Waals surface area contributed by atoms with Gasteiger partial charge in [0, 0.05) is 0 Å². The number of nitrogens with one attached hydrogen (secondary N) is 2. The fourth-order valence-corrected chi connectivity index (χ4v) is 4.05. The smallest absolute Gasteiger partial charge is 0.242 e. The number of hydrogen-bond acceptors (Lipinski definition) is 4. The molecule has 6 heteroatoms. The number of rotatable bonds is 7. The van der Waals surface area contributed by atoms with E-state index in [-0.39, 0.29) is 5.91 Å². The summed E-state index contributed by atoms with van der Waals surface area (Å²) in [6.07, 6.45) is 0. The molecule has 1 amide bonds. The van der Waals surface area contributed by atoms with Crippen molar-refractivity contribution < 1.29 is 9.53 Å². The Morgan fingerprint density at radius 3 is 2.55 bits per heavy atom. The van der Waals surface area contributed by atoms with E-state index in [0.29, 0.717) is 23.2 Å². The number of H-pyrrole nitrogens is 1. The van der Waals surface area contributed by atoms with Gasteiger partial charge < -0.3 is 15.0 Å². The van der Waals surface area contributed by atoms with Crippen molar-refractivity contribution >= 4 is 34.4 Å². The molecule has 146 valence electrons. The van der Waals surface area contributed by atoms with Crippen LogP contribution in [0.1, 0.15) is 17.7 Å². The molecule has 3 aromatic carbocycles. The van der Waals surface area contributed by atoms with E-state index in [0.717, 1.165) is 16.6 Å². The quantitative estimate of drug-likeness (QED) is 0.404. The second-order valence-electron chi connectivity index (χ2n) is 6.39. The molecule has 5 nitrogen and oxygen atoms in total. The molecule has 0 aliphatic rings. The normalized spacial score (nSPS) is 11.9. The Morgan fingerprint density at radius 1 is 1.03 bits per heavy atom. The van der Waals surface area contributed by atoms with Gasteiger partial charge in [0.05, 0.1) is 23.3 Å². The lowest BCUT2D eigenvalue weighted by Crippen LogP contribution is -2.19. The number of imidazole rings is 1. The zero-order valence-corrected chi connectivity index (χ0v) is 16.8. The topological polar surface area (TPSA) is 67.0 Å². The van der Waals surface area contributed by atoms with Crippen molar-refractivity contribution in [2.24, 2.45) is 0 Å². The van der Waals surface area contributed by atoms with E-state index >= 15 is 0 Å². The number of anilines is 1. The Kier molecular flexibility index (Phi) is 5.81. The largest absolute Gasteiger partial charge is 0.492 e. The number of para-hydroxylation sites is 4. The van der Waals surface area contributed by atoms with E-state index in [1.54, 1.807) is 0 Å². The molecule has 4 rings (SSSR count). The third kappa shape index (κ3) is 4.43. The molecule has 0 saturated carbocycles. The average Bonchev–Trinajstić information content (AvgIpc) is 3.17. The predicted octanol–water partition coefficient (Wildman–Crippen LogP) is 5.43. The van der Waals surface area contributed by atoms with E-state index < -0.39 is 5.25 Å². The van der Waals surface area contributed by atoms with Crippen LogP contribution in [0.4, 0.5) is 5.69 Å². The van der Waals surface area contributed by atoms with Crippen molar-refractivity contribution in [3.8, 4) is 5.75 Å². The highest BCUT2D eigenvalue weighted by molar-refractivity contribution is 8.00. The fourth-order valence-electron chi connectivity index (χ4n) is 3.05. The first-order valence-corrected chi connectivity index (χ1v) is 10.3. The molecule has 1 heterocycles. The predicted molar refractivity (Wildman–Crippen MR) is 117 cm³/mol. The molecule has 0 aliphatic heterocycles. The molecule has 2 N–H and O–H groups in total. The standard InChI is InChI=1S/C23H21N3O2S/c1-2-28-20-15-9-8-14-19(20)24-22(27)21(16-10-4-3-5-11-16)29-23-25-17-12-6-7-13-18(17)26-23/h3-15,21H,2H2,1H3,(H,24,27)(H,25,26)/t21-/m1/s1. The highest BCUT2D eigenvalue weighted by Gasteiger charge is 2.24. The Hall–Kier alpha value is -3.25. The minimum Gasteiger partial charge on any atom is -0.492 e. The maximum absolute atomic E-state index is 13.3. The summed E-state index contributed by atoms with van der Waals surface area (Å²) < 4.78 is 5.64. The Bertz CT molecular complexity index is 1080. The number of thioether (sulfide) groups is 1. The van der Waals surface area contributed by atoms with Crippen LogP contribution in [-0.2, 0) is 4.79 Å². The number of aromatic nitrogens is 2. The monoisotopic (exact) mass is 403 g/mol. The van der Waals surface area contributed by atoms with Crippen molar-refractivity contribution in [3.05, 3.63) is 84.4 Å². The Morgan fingerprint density at radius 2 is 1.76 bits per heavy atom.